The summed E-state index contributed by atoms with van der Waals surface area (Å²) in [5, 5.41) is 7.93. The van der Waals surface area contributed by atoms with Gasteiger partial charge in [0.2, 0.25) is 5.95 Å². The highest BCUT2D eigenvalue weighted by atomic mass is 31.2. The Morgan fingerprint density at radius 3 is 2.50 bits per heavy atom. The molecule has 1 amide bonds. The maximum atomic E-state index is 13.1. The number of benzene rings is 1. The number of hydrogen-bond acceptors (Lipinski definition) is 5. The summed E-state index contributed by atoms with van der Waals surface area (Å²) in [6.45, 7) is 3.49. The van der Waals surface area contributed by atoms with E-state index in [1.165, 1.54) is 17.3 Å². The molecule has 1 fully saturated rings. The van der Waals surface area contributed by atoms with Crippen LogP contribution in [0.15, 0.2) is 53.7 Å². The van der Waals surface area contributed by atoms with Crippen LogP contribution < -0.4 is 16.2 Å². The fraction of sp³-hybridized carbons (Fsp3) is 0.391. The molecule has 1 aromatic carbocycles. The zero-order chi connectivity index (χ0) is 22.7. The summed E-state index contributed by atoms with van der Waals surface area (Å²) in [6, 6.07) is 9.14. The molecular formula is C23H28N5O3P. The number of aromatic amines is 1. The van der Waals surface area contributed by atoms with Crippen molar-refractivity contribution in [3.63, 3.8) is 0 Å². The van der Waals surface area contributed by atoms with E-state index in [0.29, 0.717) is 0 Å². The van der Waals surface area contributed by atoms with E-state index < -0.39 is 18.6 Å². The predicted octanol–water partition coefficient (Wildman–Crippen LogP) is 3.26. The molecule has 168 valence electrons. The smallest absolute Gasteiger partial charge is 0.265 e. The summed E-state index contributed by atoms with van der Waals surface area (Å²) in [5.74, 6) is 0.0746. The number of amides is 1. The van der Waals surface area contributed by atoms with Crippen molar-refractivity contribution in [2.24, 2.45) is 5.92 Å². The maximum absolute atomic E-state index is 13.1. The summed E-state index contributed by atoms with van der Waals surface area (Å²) in [5.41, 5.74) is 0.406. The Morgan fingerprint density at radius 1 is 1.19 bits per heavy atom. The Balaban J connectivity index is 1.60. The molecule has 0 aliphatic heterocycles. The van der Waals surface area contributed by atoms with Crippen molar-refractivity contribution in [1.29, 1.82) is 0 Å². The minimum atomic E-state index is -2.36. The highest BCUT2D eigenvalue weighted by molar-refractivity contribution is 7.70. The van der Waals surface area contributed by atoms with Gasteiger partial charge < -0.3 is 9.88 Å². The molecule has 0 bridgehead atoms. The van der Waals surface area contributed by atoms with Gasteiger partial charge in [0.05, 0.1) is 6.04 Å². The second kappa shape index (κ2) is 9.25. The van der Waals surface area contributed by atoms with Crippen molar-refractivity contribution >= 4 is 18.4 Å². The number of H-pyrrole nitrogens is 1. The normalized spacial score (nSPS) is 15.9. The molecule has 1 aliphatic rings. The molecule has 8 nitrogen and oxygen atoms in total. The molecule has 0 spiro atoms. The molecule has 0 unspecified atom stereocenters. The lowest BCUT2D eigenvalue weighted by atomic mass is 9.81. The van der Waals surface area contributed by atoms with Gasteiger partial charge in [0, 0.05) is 23.9 Å². The minimum absolute atomic E-state index is 0.0371. The predicted molar refractivity (Wildman–Crippen MR) is 124 cm³/mol. The third-order valence-corrected chi connectivity index (χ3v) is 7.58. The monoisotopic (exact) mass is 453 g/mol. The number of rotatable bonds is 6. The first kappa shape index (κ1) is 22.2. The summed E-state index contributed by atoms with van der Waals surface area (Å²) in [6.07, 6.45) is 9.99. The molecule has 9 heteroatoms. The van der Waals surface area contributed by atoms with Crippen LogP contribution in [0.25, 0.3) is 5.95 Å². The Morgan fingerprint density at radius 2 is 1.91 bits per heavy atom. The molecule has 1 aliphatic carbocycles. The second-order valence-corrected chi connectivity index (χ2v) is 11.9. The van der Waals surface area contributed by atoms with E-state index in [-0.39, 0.29) is 23.5 Å². The van der Waals surface area contributed by atoms with Crippen LogP contribution in [0, 0.1) is 5.92 Å². The van der Waals surface area contributed by atoms with E-state index in [1.807, 2.05) is 24.3 Å². The summed E-state index contributed by atoms with van der Waals surface area (Å²) < 4.78 is 13.8. The van der Waals surface area contributed by atoms with Crippen LogP contribution in [-0.4, -0.2) is 39.0 Å². The first-order valence-electron chi connectivity index (χ1n) is 10.9. The van der Waals surface area contributed by atoms with E-state index in [4.69, 9.17) is 0 Å². The number of nitrogens with zero attached hydrogens (tertiary/aromatic N) is 3. The van der Waals surface area contributed by atoms with E-state index in [1.54, 1.807) is 31.8 Å². The molecule has 0 saturated heterocycles. The first-order chi connectivity index (χ1) is 15.3. The lowest BCUT2D eigenvalue weighted by molar-refractivity contribution is 0.0910. The van der Waals surface area contributed by atoms with Crippen molar-refractivity contribution in [2.45, 2.75) is 38.1 Å². The second-order valence-electron chi connectivity index (χ2n) is 8.69. The number of aromatic nitrogens is 4. The quantitative estimate of drug-likeness (QED) is 0.557. The van der Waals surface area contributed by atoms with Crippen molar-refractivity contribution in [2.75, 3.05) is 13.3 Å². The van der Waals surface area contributed by atoms with Gasteiger partial charge in [0.15, 0.2) is 0 Å². The molecule has 1 saturated carbocycles. The molecule has 3 aromatic rings. The first-order valence-corrected chi connectivity index (χ1v) is 13.5. The van der Waals surface area contributed by atoms with Crippen LogP contribution >= 0.6 is 7.14 Å². The zero-order valence-corrected chi connectivity index (χ0v) is 19.2. The van der Waals surface area contributed by atoms with Gasteiger partial charge in [-0.2, -0.15) is 5.10 Å². The third kappa shape index (κ3) is 4.91. The van der Waals surface area contributed by atoms with Crippen molar-refractivity contribution in [3.05, 3.63) is 70.4 Å². The van der Waals surface area contributed by atoms with Gasteiger partial charge in [-0.1, -0.05) is 43.5 Å². The molecule has 4 rings (SSSR count). The Bertz CT molecular complexity index is 1180. The lowest BCUT2D eigenvalue weighted by Gasteiger charge is -2.31. The number of hydrogen-bond donors (Lipinski definition) is 2. The van der Waals surface area contributed by atoms with Gasteiger partial charge in [0.1, 0.15) is 12.7 Å². The van der Waals surface area contributed by atoms with Gasteiger partial charge >= 0.3 is 0 Å². The van der Waals surface area contributed by atoms with E-state index in [2.05, 4.69) is 20.4 Å². The SMILES string of the molecule is CP(C)(=O)c1ccc([C@H](NC(=O)c2cnc(-n3cccn3)[nH]c2=O)C2CCCCC2)cc1. The number of carbonyl (C=O) groups is 1. The van der Waals surface area contributed by atoms with Gasteiger partial charge in [0.25, 0.3) is 11.5 Å². The average Bonchev–Trinajstić information content (AvgIpc) is 3.32. The van der Waals surface area contributed by atoms with Crippen LogP contribution in [-0.2, 0) is 4.57 Å². The summed E-state index contributed by atoms with van der Waals surface area (Å²) in [7, 11) is -2.36. The van der Waals surface area contributed by atoms with Crippen molar-refractivity contribution in [3.8, 4) is 5.95 Å². The van der Waals surface area contributed by atoms with Crippen LogP contribution in [0.3, 0.4) is 0 Å². The standard InChI is InChI=1S/C23H28N5O3P/c1-32(2,31)18-11-9-17(10-12-18)20(16-7-4-3-5-8-16)26-21(29)19-15-24-23(27-22(19)30)28-14-6-13-25-28/h6,9-16,20H,3-5,7-8H2,1-2H3,(H,26,29)(H,24,27,30)/t20-/m1/s1. The van der Waals surface area contributed by atoms with E-state index in [0.717, 1.165) is 36.6 Å². The molecule has 0 radical (unpaired) electrons. The lowest BCUT2D eigenvalue weighted by Crippen LogP contribution is -2.37. The highest BCUT2D eigenvalue weighted by Gasteiger charge is 2.28. The number of carbonyl (C=O) groups excluding carboxylic acids is 1. The third-order valence-electron chi connectivity index (χ3n) is 6.03. The van der Waals surface area contributed by atoms with Gasteiger partial charge in [-0.05, 0) is 43.7 Å². The highest BCUT2D eigenvalue weighted by Crippen LogP contribution is 2.37. The Kier molecular flexibility index (Phi) is 6.42. The Labute approximate surface area is 186 Å². The van der Waals surface area contributed by atoms with Crippen LogP contribution in [0.4, 0.5) is 0 Å². The van der Waals surface area contributed by atoms with Crippen LogP contribution in [0.5, 0.6) is 0 Å². The largest absolute Gasteiger partial charge is 0.345 e. The van der Waals surface area contributed by atoms with E-state index >= 15 is 0 Å². The molecule has 2 heterocycles. The molecular weight excluding hydrogens is 425 g/mol. The number of nitrogens with one attached hydrogen (secondary N) is 2. The van der Waals surface area contributed by atoms with Crippen LogP contribution in [0.1, 0.15) is 54.1 Å². The van der Waals surface area contributed by atoms with Crippen LogP contribution in [0.2, 0.25) is 0 Å². The summed E-state index contributed by atoms with van der Waals surface area (Å²) >= 11 is 0. The average molecular weight is 453 g/mol. The molecule has 2 N–H and O–H groups in total. The van der Waals surface area contributed by atoms with Crippen molar-refractivity contribution in [1.82, 2.24) is 25.1 Å². The van der Waals surface area contributed by atoms with Gasteiger partial charge in [-0.15, -0.1) is 0 Å². The van der Waals surface area contributed by atoms with E-state index in [9.17, 15) is 14.2 Å². The molecule has 2 aromatic heterocycles. The fourth-order valence-electron chi connectivity index (χ4n) is 4.26. The fourth-order valence-corrected chi connectivity index (χ4v) is 5.13. The molecule has 32 heavy (non-hydrogen) atoms. The van der Waals surface area contributed by atoms with Gasteiger partial charge in [-0.25, -0.2) is 9.67 Å². The zero-order valence-electron chi connectivity index (χ0n) is 18.3. The maximum Gasteiger partial charge on any atom is 0.265 e. The van der Waals surface area contributed by atoms with Crippen molar-refractivity contribution < 1.29 is 9.36 Å². The minimum Gasteiger partial charge on any atom is -0.345 e. The summed E-state index contributed by atoms with van der Waals surface area (Å²) in [4.78, 5) is 32.5. The molecule has 1 atom stereocenters. The van der Waals surface area contributed by atoms with Gasteiger partial charge in [-0.3, -0.25) is 14.6 Å². The Hall–Kier alpha value is -2.99. The topological polar surface area (TPSA) is 110 Å².